The third-order valence-electron chi connectivity index (χ3n) is 1.55. The molecule has 70 valence electrons. The van der Waals surface area contributed by atoms with Crippen LogP contribution in [0.4, 0.5) is 0 Å². The molecule has 1 heterocycles. The van der Waals surface area contributed by atoms with Crippen molar-refractivity contribution in [3.63, 3.8) is 0 Å². The standard InChI is InChI=1S/C6H14N2O.2ClH/c7-1-2-8-3-5-9-6-4-8;;/h1-7H2;2*1H. The van der Waals surface area contributed by atoms with Gasteiger partial charge in [-0.2, -0.15) is 0 Å². The van der Waals surface area contributed by atoms with E-state index in [2.05, 4.69) is 4.90 Å². The third-order valence-corrected chi connectivity index (χ3v) is 1.55. The summed E-state index contributed by atoms with van der Waals surface area (Å²) in [7, 11) is 0. The van der Waals surface area contributed by atoms with Crippen LogP contribution < -0.4 is 5.73 Å². The van der Waals surface area contributed by atoms with E-state index in [1.54, 1.807) is 0 Å². The van der Waals surface area contributed by atoms with Gasteiger partial charge in [0.1, 0.15) is 0 Å². The zero-order chi connectivity index (χ0) is 6.53. The molecule has 0 unspecified atom stereocenters. The molecule has 5 heteroatoms. The van der Waals surface area contributed by atoms with E-state index >= 15 is 0 Å². The van der Waals surface area contributed by atoms with E-state index in [-0.39, 0.29) is 24.8 Å². The van der Waals surface area contributed by atoms with Crippen LogP contribution in [0.2, 0.25) is 0 Å². The lowest BCUT2D eigenvalue weighted by Gasteiger charge is -2.25. The fraction of sp³-hybridized carbons (Fsp3) is 1.00. The molecule has 1 aliphatic heterocycles. The molecule has 3 nitrogen and oxygen atoms in total. The van der Waals surface area contributed by atoms with Crippen LogP contribution in [0.3, 0.4) is 0 Å². The Bertz CT molecular complexity index is 76.2. The van der Waals surface area contributed by atoms with Gasteiger partial charge in [0.05, 0.1) is 13.2 Å². The molecule has 1 saturated heterocycles. The topological polar surface area (TPSA) is 38.5 Å². The number of morpholine rings is 1. The highest BCUT2D eigenvalue weighted by atomic mass is 35.5. The third kappa shape index (κ3) is 5.70. The molecule has 2 N–H and O–H groups in total. The van der Waals surface area contributed by atoms with Crippen LogP contribution in [0, 0.1) is 0 Å². The van der Waals surface area contributed by atoms with Gasteiger partial charge in [-0.25, -0.2) is 0 Å². The summed E-state index contributed by atoms with van der Waals surface area (Å²) in [5.74, 6) is 0. The molecule has 0 aliphatic carbocycles. The number of hydrogen-bond donors (Lipinski definition) is 1. The van der Waals surface area contributed by atoms with E-state index < -0.39 is 0 Å². The maximum absolute atomic E-state index is 5.38. The Kier molecular flexibility index (Phi) is 10.9. The molecule has 1 rings (SSSR count). The monoisotopic (exact) mass is 202 g/mol. The molecule has 0 atom stereocenters. The summed E-state index contributed by atoms with van der Waals surface area (Å²) in [6, 6.07) is 0. The van der Waals surface area contributed by atoms with Crippen LogP contribution in [-0.2, 0) is 4.74 Å². The molecule has 0 aromatic carbocycles. The van der Waals surface area contributed by atoms with E-state index in [9.17, 15) is 0 Å². The molecular formula is C6H16Cl2N2O. The molecule has 0 aromatic rings. The van der Waals surface area contributed by atoms with Crippen LogP contribution >= 0.6 is 24.8 Å². The molecular weight excluding hydrogens is 187 g/mol. The molecule has 0 radical (unpaired) electrons. The Hall–Kier alpha value is 0.460. The molecule has 1 fully saturated rings. The lowest BCUT2D eigenvalue weighted by molar-refractivity contribution is 0.0394. The highest BCUT2D eigenvalue weighted by molar-refractivity contribution is 5.85. The minimum atomic E-state index is 0. The largest absolute Gasteiger partial charge is 0.379 e. The SMILES string of the molecule is Cl.Cl.NCCN1CCOCC1. The molecule has 1 aliphatic rings. The number of rotatable bonds is 2. The van der Waals surface area contributed by atoms with Crippen molar-refractivity contribution < 1.29 is 4.74 Å². The summed E-state index contributed by atoms with van der Waals surface area (Å²) in [5, 5.41) is 0. The van der Waals surface area contributed by atoms with Gasteiger partial charge in [0, 0.05) is 26.2 Å². The summed E-state index contributed by atoms with van der Waals surface area (Å²) in [6.07, 6.45) is 0. The smallest absolute Gasteiger partial charge is 0.0594 e. The summed E-state index contributed by atoms with van der Waals surface area (Å²) in [6.45, 7) is 5.64. The first-order valence-electron chi connectivity index (χ1n) is 3.43. The van der Waals surface area contributed by atoms with Gasteiger partial charge in [-0.05, 0) is 0 Å². The number of halogens is 2. The van der Waals surface area contributed by atoms with Gasteiger partial charge in [0.2, 0.25) is 0 Å². The van der Waals surface area contributed by atoms with Crippen molar-refractivity contribution in [3.8, 4) is 0 Å². The van der Waals surface area contributed by atoms with Crippen molar-refractivity contribution in [2.75, 3.05) is 39.4 Å². The van der Waals surface area contributed by atoms with E-state index in [1.165, 1.54) is 0 Å². The predicted octanol–water partition coefficient (Wildman–Crippen LogP) is 0.121. The van der Waals surface area contributed by atoms with Crippen LogP contribution in [0.5, 0.6) is 0 Å². The van der Waals surface area contributed by atoms with E-state index in [0.29, 0.717) is 0 Å². The first-order chi connectivity index (χ1) is 4.43. The quantitative estimate of drug-likeness (QED) is 0.692. The normalized spacial score (nSPS) is 18.3. The Morgan fingerprint density at radius 3 is 2.18 bits per heavy atom. The number of nitrogens with two attached hydrogens (primary N) is 1. The minimum absolute atomic E-state index is 0. The highest BCUT2D eigenvalue weighted by Crippen LogP contribution is 1.93. The average molecular weight is 203 g/mol. The van der Waals surface area contributed by atoms with Gasteiger partial charge in [-0.1, -0.05) is 0 Å². The van der Waals surface area contributed by atoms with E-state index in [4.69, 9.17) is 10.5 Å². The summed E-state index contributed by atoms with van der Waals surface area (Å²) in [5.41, 5.74) is 5.38. The van der Waals surface area contributed by atoms with Crippen LogP contribution in [0.1, 0.15) is 0 Å². The number of hydrogen-bond acceptors (Lipinski definition) is 3. The Balaban J connectivity index is 0. The average Bonchev–Trinajstić information content (AvgIpc) is 1.91. The maximum atomic E-state index is 5.38. The van der Waals surface area contributed by atoms with Crippen LogP contribution in [-0.4, -0.2) is 44.3 Å². The first-order valence-corrected chi connectivity index (χ1v) is 3.43. The minimum Gasteiger partial charge on any atom is -0.379 e. The van der Waals surface area contributed by atoms with E-state index in [1.807, 2.05) is 0 Å². The predicted molar refractivity (Wildman–Crippen MR) is 50.8 cm³/mol. The van der Waals surface area contributed by atoms with Crippen molar-refractivity contribution in [1.29, 1.82) is 0 Å². The van der Waals surface area contributed by atoms with Crippen LogP contribution in [0.25, 0.3) is 0 Å². The van der Waals surface area contributed by atoms with Gasteiger partial charge in [-0.15, -0.1) is 24.8 Å². The Morgan fingerprint density at radius 1 is 1.18 bits per heavy atom. The maximum Gasteiger partial charge on any atom is 0.0594 e. The summed E-state index contributed by atoms with van der Waals surface area (Å²) < 4.78 is 5.16. The van der Waals surface area contributed by atoms with Crippen molar-refractivity contribution in [2.24, 2.45) is 5.73 Å². The zero-order valence-corrected chi connectivity index (χ0v) is 8.12. The molecule has 0 amide bonds. The van der Waals surface area contributed by atoms with Gasteiger partial charge in [0.25, 0.3) is 0 Å². The molecule has 0 spiro atoms. The Labute approximate surface area is 80.1 Å². The van der Waals surface area contributed by atoms with Crippen molar-refractivity contribution in [3.05, 3.63) is 0 Å². The molecule has 0 aromatic heterocycles. The van der Waals surface area contributed by atoms with Gasteiger partial charge in [-0.3, -0.25) is 4.90 Å². The first kappa shape index (κ1) is 14.0. The zero-order valence-electron chi connectivity index (χ0n) is 6.49. The van der Waals surface area contributed by atoms with Crippen molar-refractivity contribution in [2.45, 2.75) is 0 Å². The lowest BCUT2D eigenvalue weighted by Crippen LogP contribution is -2.39. The molecule has 0 saturated carbocycles. The highest BCUT2D eigenvalue weighted by Gasteiger charge is 2.07. The van der Waals surface area contributed by atoms with Crippen molar-refractivity contribution >= 4 is 24.8 Å². The Morgan fingerprint density at radius 2 is 1.73 bits per heavy atom. The molecule has 11 heavy (non-hydrogen) atoms. The second-order valence-electron chi connectivity index (χ2n) is 2.24. The van der Waals surface area contributed by atoms with Crippen LogP contribution in [0.15, 0.2) is 0 Å². The van der Waals surface area contributed by atoms with Gasteiger partial charge in [0.15, 0.2) is 0 Å². The second-order valence-corrected chi connectivity index (χ2v) is 2.24. The number of ether oxygens (including phenoxy) is 1. The molecule has 0 bridgehead atoms. The second kappa shape index (κ2) is 8.56. The fourth-order valence-electron chi connectivity index (χ4n) is 1.01. The summed E-state index contributed by atoms with van der Waals surface area (Å²) >= 11 is 0. The van der Waals surface area contributed by atoms with Crippen molar-refractivity contribution in [1.82, 2.24) is 4.90 Å². The lowest BCUT2D eigenvalue weighted by atomic mass is 10.4. The fourth-order valence-corrected chi connectivity index (χ4v) is 1.01. The van der Waals surface area contributed by atoms with E-state index in [0.717, 1.165) is 39.4 Å². The number of nitrogens with zero attached hydrogens (tertiary/aromatic N) is 1. The summed E-state index contributed by atoms with van der Waals surface area (Å²) in [4.78, 5) is 2.32. The van der Waals surface area contributed by atoms with Gasteiger partial charge < -0.3 is 10.5 Å². The van der Waals surface area contributed by atoms with Gasteiger partial charge >= 0.3 is 0 Å².